The lowest BCUT2D eigenvalue weighted by Gasteiger charge is -2.37. The number of hydrogen-bond acceptors (Lipinski definition) is 2. The summed E-state index contributed by atoms with van der Waals surface area (Å²) in [6.45, 7) is 13.7. The van der Waals surface area contributed by atoms with Crippen LogP contribution in [-0.4, -0.2) is 26.1 Å². The van der Waals surface area contributed by atoms with E-state index < -0.39 is 8.32 Å². The number of allylic oxidation sites excluding steroid dienone is 3. The molecule has 0 aromatic rings. The molecule has 0 amide bonds. The van der Waals surface area contributed by atoms with Crippen molar-refractivity contribution in [2.75, 3.05) is 6.61 Å². The number of aliphatic hydroxyl groups is 1. The highest BCUT2D eigenvalue weighted by molar-refractivity contribution is 9.11. The average molecular weight is 363 g/mol. The predicted molar refractivity (Wildman–Crippen MR) is 94.8 cm³/mol. The van der Waals surface area contributed by atoms with Gasteiger partial charge in [0.1, 0.15) is 0 Å². The monoisotopic (exact) mass is 362 g/mol. The van der Waals surface area contributed by atoms with Crippen molar-refractivity contribution in [3.05, 3.63) is 22.7 Å². The standard InChI is InChI=1S/C16H31BrO2Si/c1-14(19-20(5,6)16(2,3)4)13-15(17)11-9-7-8-10-12-18/h9,11,13-14,18H,7-8,10,12H2,1-6H3/b11-9+,15-13-/t14-/m0/s1. The SMILES string of the molecule is C[C@@H](/C=C(Br)/C=C/CCCCO)O[Si](C)(C)C(C)(C)C. The van der Waals surface area contributed by atoms with Gasteiger partial charge in [-0.25, -0.2) is 0 Å². The lowest BCUT2D eigenvalue weighted by molar-refractivity contribution is 0.243. The van der Waals surface area contributed by atoms with Crippen LogP contribution in [0.1, 0.15) is 47.0 Å². The first kappa shape index (κ1) is 20.1. The van der Waals surface area contributed by atoms with E-state index in [1.54, 1.807) is 0 Å². The Bertz CT molecular complexity index is 330. The summed E-state index contributed by atoms with van der Waals surface area (Å²) in [5.74, 6) is 0. The maximum absolute atomic E-state index is 8.71. The third kappa shape index (κ3) is 8.40. The van der Waals surface area contributed by atoms with E-state index in [4.69, 9.17) is 9.53 Å². The van der Waals surface area contributed by atoms with Gasteiger partial charge in [-0.05, 0) is 50.4 Å². The third-order valence-corrected chi connectivity index (χ3v) is 8.84. The Morgan fingerprint density at radius 2 is 1.90 bits per heavy atom. The van der Waals surface area contributed by atoms with Crippen molar-refractivity contribution in [2.24, 2.45) is 0 Å². The summed E-state index contributed by atoms with van der Waals surface area (Å²) >= 11 is 3.57. The fourth-order valence-corrected chi connectivity index (χ4v) is 3.44. The fraction of sp³-hybridized carbons (Fsp3) is 0.750. The third-order valence-electron chi connectivity index (χ3n) is 3.74. The number of unbranched alkanes of at least 4 members (excludes halogenated alkanes) is 2. The molecule has 0 bridgehead atoms. The molecule has 0 unspecified atom stereocenters. The minimum atomic E-state index is -1.70. The van der Waals surface area contributed by atoms with Gasteiger partial charge in [-0.1, -0.05) is 48.9 Å². The Morgan fingerprint density at radius 3 is 2.40 bits per heavy atom. The molecule has 118 valence electrons. The van der Waals surface area contributed by atoms with Crippen LogP contribution in [-0.2, 0) is 4.43 Å². The van der Waals surface area contributed by atoms with Crippen LogP contribution < -0.4 is 0 Å². The largest absolute Gasteiger partial charge is 0.411 e. The average Bonchev–Trinajstić information content (AvgIpc) is 2.26. The quantitative estimate of drug-likeness (QED) is 0.356. The summed E-state index contributed by atoms with van der Waals surface area (Å²) in [7, 11) is -1.70. The van der Waals surface area contributed by atoms with Gasteiger partial charge in [-0.15, -0.1) is 0 Å². The van der Waals surface area contributed by atoms with Gasteiger partial charge in [0, 0.05) is 11.1 Å². The van der Waals surface area contributed by atoms with Gasteiger partial charge < -0.3 is 9.53 Å². The van der Waals surface area contributed by atoms with Crippen molar-refractivity contribution >= 4 is 24.2 Å². The van der Waals surface area contributed by atoms with E-state index in [1.165, 1.54) is 0 Å². The molecule has 0 aliphatic rings. The van der Waals surface area contributed by atoms with Crippen molar-refractivity contribution in [1.29, 1.82) is 0 Å². The van der Waals surface area contributed by atoms with Crippen molar-refractivity contribution in [2.45, 2.75) is 71.2 Å². The van der Waals surface area contributed by atoms with Gasteiger partial charge in [0.15, 0.2) is 8.32 Å². The van der Waals surface area contributed by atoms with Crippen LogP contribution in [0, 0.1) is 0 Å². The van der Waals surface area contributed by atoms with Crippen molar-refractivity contribution < 1.29 is 9.53 Å². The zero-order chi connectivity index (χ0) is 15.8. The molecular weight excluding hydrogens is 332 g/mol. The lowest BCUT2D eigenvalue weighted by atomic mass is 10.2. The molecule has 20 heavy (non-hydrogen) atoms. The van der Waals surface area contributed by atoms with E-state index in [9.17, 15) is 0 Å². The lowest BCUT2D eigenvalue weighted by Crippen LogP contribution is -2.42. The molecule has 0 radical (unpaired) electrons. The van der Waals surface area contributed by atoms with Crippen LogP contribution in [0.5, 0.6) is 0 Å². The van der Waals surface area contributed by atoms with E-state index in [2.05, 4.69) is 74.9 Å². The van der Waals surface area contributed by atoms with Crippen LogP contribution in [0.15, 0.2) is 22.7 Å². The van der Waals surface area contributed by atoms with Crippen LogP contribution >= 0.6 is 15.9 Å². The molecule has 0 spiro atoms. The Labute approximate surface area is 134 Å². The summed E-state index contributed by atoms with van der Waals surface area (Å²) < 4.78 is 7.35. The zero-order valence-electron chi connectivity index (χ0n) is 13.9. The van der Waals surface area contributed by atoms with Gasteiger partial charge in [0.05, 0.1) is 6.10 Å². The molecule has 0 rings (SSSR count). The van der Waals surface area contributed by atoms with Crippen LogP contribution in [0.3, 0.4) is 0 Å². The number of rotatable bonds is 8. The molecule has 0 saturated heterocycles. The maximum Gasteiger partial charge on any atom is 0.192 e. The molecule has 0 aliphatic heterocycles. The summed E-state index contributed by atoms with van der Waals surface area (Å²) in [4.78, 5) is 0. The predicted octanol–water partition coefficient (Wildman–Crippen LogP) is 5.39. The summed E-state index contributed by atoms with van der Waals surface area (Å²) in [6.07, 6.45) is 9.34. The van der Waals surface area contributed by atoms with Gasteiger partial charge in [0.25, 0.3) is 0 Å². The highest BCUT2D eigenvalue weighted by Crippen LogP contribution is 2.37. The fourth-order valence-electron chi connectivity index (χ4n) is 1.53. The number of hydrogen-bond donors (Lipinski definition) is 1. The van der Waals surface area contributed by atoms with Crippen molar-refractivity contribution in [3.63, 3.8) is 0 Å². The topological polar surface area (TPSA) is 29.5 Å². The summed E-state index contributed by atoms with van der Waals surface area (Å²) in [6, 6.07) is 0. The number of aliphatic hydroxyl groups excluding tert-OH is 1. The van der Waals surface area contributed by atoms with E-state index in [0.29, 0.717) is 0 Å². The second-order valence-electron chi connectivity index (χ2n) is 6.76. The van der Waals surface area contributed by atoms with Gasteiger partial charge >= 0.3 is 0 Å². The molecule has 2 nitrogen and oxygen atoms in total. The molecule has 0 heterocycles. The first-order valence-electron chi connectivity index (χ1n) is 7.42. The minimum absolute atomic E-state index is 0.118. The van der Waals surface area contributed by atoms with Crippen LogP contribution in [0.2, 0.25) is 18.1 Å². The van der Waals surface area contributed by atoms with Gasteiger partial charge in [0.2, 0.25) is 0 Å². The Morgan fingerprint density at radius 1 is 1.30 bits per heavy atom. The van der Waals surface area contributed by atoms with E-state index in [0.717, 1.165) is 23.7 Å². The molecule has 1 N–H and O–H groups in total. The molecule has 1 atom stereocenters. The summed E-state index contributed by atoms with van der Waals surface area (Å²) in [5.41, 5.74) is 0. The van der Waals surface area contributed by atoms with Crippen LogP contribution in [0.25, 0.3) is 0 Å². The molecule has 4 heteroatoms. The highest BCUT2D eigenvalue weighted by atomic mass is 79.9. The molecule has 0 fully saturated rings. The number of halogens is 1. The van der Waals surface area contributed by atoms with Crippen molar-refractivity contribution in [3.8, 4) is 0 Å². The van der Waals surface area contributed by atoms with Crippen molar-refractivity contribution in [1.82, 2.24) is 0 Å². The zero-order valence-corrected chi connectivity index (χ0v) is 16.5. The second kappa shape index (κ2) is 9.18. The van der Waals surface area contributed by atoms with E-state index in [1.807, 2.05) is 0 Å². The first-order valence-corrected chi connectivity index (χ1v) is 11.1. The maximum atomic E-state index is 8.71. The highest BCUT2D eigenvalue weighted by Gasteiger charge is 2.38. The van der Waals surface area contributed by atoms with E-state index in [-0.39, 0.29) is 17.7 Å². The molecule has 0 saturated carbocycles. The van der Waals surface area contributed by atoms with Gasteiger partial charge in [-0.2, -0.15) is 0 Å². The van der Waals surface area contributed by atoms with Crippen LogP contribution in [0.4, 0.5) is 0 Å². The minimum Gasteiger partial charge on any atom is -0.411 e. The molecular formula is C16H31BrO2Si. The second-order valence-corrected chi connectivity index (χ2v) is 12.4. The smallest absolute Gasteiger partial charge is 0.192 e. The normalized spacial score (nSPS) is 15.9. The Kier molecular flexibility index (Phi) is 9.23. The molecule has 0 aromatic carbocycles. The Balaban J connectivity index is 4.36. The Hall–Kier alpha value is 0.0969. The van der Waals surface area contributed by atoms with E-state index >= 15 is 0 Å². The van der Waals surface area contributed by atoms with Gasteiger partial charge in [-0.3, -0.25) is 0 Å². The molecule has 0 aliphatic carbocycles. The molecule has 0 aromatic heterocycles. The summed E-state index contributed by atoms with van der Waals surface area (Å²) in [5, 5.41) is 8.95. The first-order chi connectivity index (χ1) is 9.10.